The normalized spacial score (nSPS) is 12.2. The lowest BCUT2D eigenvalue weighted by atomic mass is 10.2. The number of benzene rings is 1. The number of hydrogen-bond donors (Lipinski definition) is 1. The molecule has 0 aliphatic rings. The van der Waals surface area contributed by atoms with Gasteiger partial charge < -0.3 is 10.6 Å². The van der Waals surface area contributed by atoms with Gasteiger partial charge in [-0.1, -0.05) is 25.1 Å². The van der Waals surface area contributed by atoms with Gasteiger partial charge in [0.1, 0.15) is 0 Å². The first-order valence-corrected chi connectivity index (χ1v) is 8.43. The van der Waals surface area contributed by atoms with Crippen molar-refractivity contribution in [1.29, 1.82) is 0 Å². The van der Waals surface area contributed by atoms with Crippen molar-refractivity contribution in [3.05, 3.63) is 29.8 Å². The second kappa shape index (κ2) is 7.61. The van der Waals surface area contributed by atoms with Crippen molar-refractivity contribution in [1.82, 2.24) is 9.21 Å². The number of nitrogen functional groups attached to an aromatic ring is 1. The molecule has 0 aliphatic heterocycles. The van der Waals surface area contributed by atoms with Gasteiger partial charge in [-0.15, -0.1) is 0 Å². The monoisotopic (exact) mass is 299 g/mol. The van der Waals surface area contributed by atoms with E-state index in [2.05, 4.69) is 4.90 Å². The lowest BCUT2D eigenvalue weighted by Gasteiger charge is -2.21. The van der Waals surface area contributed by atoms with E-state index < -0.39 is 10.0 Å². The molecule has 0 aromatic heterocycles. The Morgan fingerprint density at radius 2 is 1.80 bits per heavy atom. The molecular weight excluding hydrogens is 274 g/mol. The van der Waals surface area contributed by atoms with Crippen LogP contribution in [0, 0.1) is 0 Å². The summed E-state index contributed by atoms with van der Waals surface area (Å²) >= 11 is 0. The summed E-state index contributed by atoms with van der Waals surface area (Å²) in [4.78, 5) is 2.05. The van der Waals surface area contributed by atoms with E-state index >= 15 is 0 Å². The Kier molecular flexibility index (Phi) is 6.45. The number of anilines is 1. The van der Waals surface area contributed by atoms with Crippen LogP contribution in [-0.4, -0.2) is 51.4 Å². The third-order valence-electron chi connectivity index (χ3n) is 3.15. The zero-order valence-corrected chi connectivity index (χ0v) is 13.4. The maximum atomic E-state index is 12.4. The average molecular weight is 299 g/mol. The van der Waals surface area contributed by atoms with Gasteiger partial charge in [0.15, 0.2) is 0 Å². The molecule has 2 N–H and O–H groups in total. The number of para-hydroxylation sites is 1. The van der Waals surface area contributed by atoms with Gasteiger partial charge in [-0.25, -0.2) is 12.7 Å². The zero-order valence-electron chi connectivity index (χ0n) is 12.5. The summed E-state index contributed by atoms with van der Waals surface area (Å²) < 4.78 is 26.4. The molecule has 0 heterocycles. The van der Waals surface area contributed by atoms with E-state index in [1.54, 1.807) is 18.2 Å². The van der Waals surface area contributed by atoms with Crippen LogP contribution in [0.15, 0.2) is 24.3 Å². The van der Waals surface area contributed by atoms with Gasteiger partial charge in [0.25, 0.3) is 0 Å². The molecule has 1 aromatic carbocycles. The predicted molar refractivity (Wildman–Crippen MR) is 83.9 cm³/mol. The third kappa shape index (κ3) is 5.11. The van der Waals surface area contributed by atoms with Gasteiger partial charge in [0.2, 0.25) is 10.0 Å². The van der Waals surface area contributed by atoms with E-state index in [-0.39, 0.29) is 5.75 Å². The van der Waals surface area contributed by atoms with Crippen LogP contribution in [0.3, 0.4) is 0 Å². The summed E-state index contributed by atoms with van der Waals surface area (Å²) in [5, 5.41) is 0. The first kappa shape index (κ1) is 16.9. The van der Waals surface area contributed by atoms with Crippen LogP contribution >= 0.6 is 0 Å². The lowest BCUT2D eigenvalue weighted by molar-refractivity contribution is 0.356. The summed E-state index contributed by atoms with van der Waals surface area (Å²) in [7, 11) is 0.652. The average Bonchev–Trinajstić information content (AvgIpc) is 2.36. The molecule has 0 atom stereocenters. The molecule has 0 spiro atoms. The molecule has 0 aliphatic carbocycles. The van der Waals surface area contributed by atoms with Crippen molar-refractivity contribution in [3.8, 4) is 0 Å². The Morgan fingerprint density at radius 3 is 2.35 bits per heavy atom. The van der Waals surface area contributed by atoms with Crippen LogP contribution in [0.5, 0.6) is 0 Å². The second-order valence-corrected chi connectivity index (χ2v) is 7.07. The van der Waals surface area contributed by atoms with Gasteiger partial charge in [0, 0.05) is 18.8 Å². The molecule has 114 valence electrons. The standard InChI is InChI=1S/C14H25N3O2S/c1-4-17(11-7-10-16(2)3)20(18,19)12-13-8-5-6-9-14(13)15/h5-6,8-9H,4,7,10-12,15H2,1-3H3. The highest BCUT2D eigenvalue weighted by molar-refractivity contribution is 7.88. The van der Waals surface area contributed by atoms with Gasteiger partial charge in [-0.3, -0.25) is 0 Å². The fraction of sp³-hybridized carbons (Fsp3) is 0.571. The summed E-state index contributed by atoms with van der Waals surface area (Å²) in [6.07, 6.45) is 0.824. The SMILES string of the molecule is CCN(CCCN(C)C)S(=O)(=O)Cc1ccccc1N. The van der Waals surface area contributed by atoms with Crippen LogP contribution in [0.4, 0.5) is 5.69 Å². The first-order valence-electron chi connectivity index (χ1n) is 6.82. The van der Waals surface area contributed by atoms with Gasteiger partial charge in [-0.2, -0.15) is 0 Å². The van der Waals surface area contributed by atoms with Crippen molar-refractivity contribution in [3.63, 3.8) is 0 Å². The smallest absolute Gasteiger partial charge is 0.218 e. The van der Waals surface area contributed by atoms with Gasteiger partial charge in [0.05, 0.1) is 5.75 Å². The van der Waals surface area contributed by atoms with Gasteiger partial charge in [-0.05, 0) is 38.7 Å². The topological polar surface area (TPSA) is 66.6 Å². The maximum absolute atomic E-state index is 12.4. The Hall–Kier alpha value is -1.11. The molecule has 0 bridgehead atoms. The van der Waals surface area contributed by atoms with E-state index in [1.165, 1.54) is 4.31 Å². The van der Waals surface area contributed by atoms with Crippen LogP contribution in [0.1, 0.15) is 18.9 Å². The van der Waals surface area contributed by atoms with Crippen molar-refractivity contribution in [2.24, 2.45) is 0 Å². The van der Waals surface area contributed by atoms with Crippen LogP contribution in [0.25, 0.3) is 0 Å². The minimum absolute atomic E-state index is 0.0323. The fourth-order valence-electron chi connectivity index (χ4n) is 2.01. The number of nitrogens with zero attached hydrogens (tertiary/aromatic N) is 2. The summed E-state index contributed by atoms with van der Waals surface area (Å²) in [6, 6.07) is 7.11. The van der Waals surface area contributed by atoms with E-state index in [9.17, 15) is 8.42 Å². The highest BCUT2D eigenvalue weighted by Gasteiger charge is 2.21. The molecule has 1 rings (SSSR count). The first-order chi connectivity index (χ1) is 9.36. The molecule has 0 fully saturated rings. The van der Waals surface area contributed by atoms with E-state index in [0.717, 1.165) is 13.0 Å². The molecule has 0 saturated heterocycles. The second-order valence-electron chi connectivity index (χ2n) is 5.10. The molecule has 6 heteroatoms. The minimum Gasteiger partial charge on any atom is -0.398 e. The minimum atomic E-state index is -3.31. The van der Waals surface area contributed by atoms with Crippen molar-refractivity contribution < 1.29 is 8.42 Å². The Balaban J connectivity index is 2.72. The highest BCUT2D eigenvalue weighted by atomic mass is 32.2. The number of nitrogens with two attached hydrogens (primary N) is 1. The number of rotatable bonds is 8. The molecule has 5 nitrogen and oxygen atoms in total. The third-order valence-corrected chi connectivity index (χ3v) is 5.06. The molecule has 0 saturated carbocycles. The van der Waals surface area contributed by atoms with Crippen molar-refractivity contribution in [2.75, 3.05) is 39.5 Å². The quantitative estimate of drug-likeness (QED) is 0.736. The van der Waals surface area contributed by atoms with E-state index in [1.807, 2.05) is 27.1 Å². The molecule has 1 aromatic rings. The number of sulfonamides is 1. The molecule has 0 unspecified atom stereocenters. The molecule has 20 heavy (non-hydrogen) atoms. The van der Waals surface area contributed by atoms with Crippen LogP contribution < -0.4 is 5.73 Å². The molecule has 0 radical (unpaired) electrons. The van der Waals surface area contributed by atoms with Crippen LogP contribution in [-0.2, 0) is 15.8 Å². The molecule has 0 amide bonds. The summed E-state index contributed by atoms with van der Waals surface area (Å²) in [5.41, 5.74) is 7.01. The maximum Gasteiger partial charge on any atom is 0.218 e. The Labute approximate surface area is 122 Å². The predicted octanol–water partition coefficient (Wildman–Crippen LogP) is 1.37. The lowest BCUT2D eigenvalue weighted by Crippen LogP contribution is -2.34. The summed E-state index contributed by atoms with van der Waals surface area (Å²) in [5.74, 6) is -0.0323. The van der Waals surface area contributed by atoms with E-state index in [4.69, 9.17) is 5.73 Å². The Morgan fingerprint density at radius 1 is 1.15 bits per heavy atom. The molecular formula is C14H25N3O2S. The Bertz CT molecular complexity index is 515. The van der Waals surface area contributed by atoms with E-state index in [0.29, 0.717) is 24.3 Å². The summed E-state index contributed by atoms with van der Waals surface area (Å²) in [6.45, 7) is 3.77. The van der Waals surface area contributed by atoms with Gasteiger partial charge >= 0.3 is 0 Å². The zero-order chi connectivity index (χ0) is 15.2. The highest BCUT2D eigenvalue weighted by Crippen LogP contribution is 2.17. The largest absolute Gasteiger partial charge is 0.398 e. The number of hydrogen-bond acceptors (Lipinski definition) is 4. The van der Waals surface area contributed by atoms with Crippen LogP contribution in [0.2, 0.25) is 0 Å². The van der Waals surface area contributed by atoms with Crippen molar-refractivity contribution >= 4 is 15.7 Å². The fourth-order valence-corrected chi connectivity index (χ4v) is 3.65. The van der Waals surface area contributed by atoms with Crippen molar-refractivity contribution in [2.45, 2.75) is 19.1 Å².